The lowest BCUT2D eigenvalue weighted by atomic mass is 10.1. The number of thioether (sulfide) groups is 1. The van der Waals surface area contributed by atoms with Crippen LogP contribution in [0, 0.1) is 5.82 Å². The minimum Gasteiger partial charge on any atom is -0.493 e. The van der Waals surface area contributed by atoms with Crippen LogP contribution in [0.15, 0.2) is 52.4 Å². The topological polar surface area (TPSA) is 51.1 Å². The number of rotatable bonds is 6. The quantitative estimate of drug-likeness (QED) is 0.650. The average Bonchev–Trinajstić information content (AvgIpc) is 2.96. The molecule has 1 aliphatic rings. The SMILES string of the molecule is CCCOc1c(/C=C2/SC(=Nc3ccccc3F)N(C)C2=O)cccc1OC. The molecule has 0 saturated carbocycles. The smallest absolute Gasteiger partial charge is 0.266 e. The molecule has 0 spiro atoms. The molecule has 2 aromatic carbocycles. The van der Waals surface area contributed by atoms with Gasteiger partial charge in [0.15, 0.2) is 16.7 Å². The lowest BCUT2D eigenvalue weighted by molar-refractivity contribution is -0.121. The molecule has 1 amide bonds. The van der Waals surface area contributed by atoms with Crippen molar-refractivity contribution in [3.8, 4) is 11.5 Å². The number of carbonyl (C=O) groups excluding carboxylic acids is 1. The molecule has 0 unspecified atom stereocenters. The van der Waals surface area contributed by atoms with E-state index in [4.69, 9.17) is 9.47 Å². The maximum absolute atomic E-state index is 13.9. The van der Waals surface area contributed by atoms with Gasteiger partial charge < -0.3 is 9.47 Å². The number of amidine groups is 1. The lowest BCUT2D eigenvalue weighted by Crippen LogP contribution is -2.23. The first-order chi connectivity index (χ1) is 13.5. The molecule has 1 aliphatic heterocycles. The van der Waals surface area contributed by atoms with E-state index in [0.717, 1.165) is 12.0 Å². The summed E-state index contributed by atoms with van der Waals surface area (Å²) >= 11 is 1.20. The van der Waals surface area contributed by atoms with E-state index in [1.54, 1.807) is 38.4 Å². The van der Waals surface area contributed by atoms with E-state index in [9.17, 15) is 9.18 Å². The minimum absolute atomic E-state index is 0.194. The highest BCUT2D eigenvalue weighted by atomic mass is 32.2. The highest BCUT2D eigenvalue weighted by Crippen LogP contribution is 2.38. The van der Waals surface area contributed by atoms with Crippen LogP contribution < -0.4 is 9.47 Å². The Morgan fingerprint density at radius 3 is 2.71 bits per heavy atom. The van der Waals surface area contributed by atoms with E-state index in [0.29, 0.717) is 28.2 Å². The van der Waals surface area contributed by atoms with Gasteiger partial charge in [0.25, 0.3) is 5.91 Å². The zero-order valence-electron chi connectivity index (χ0n) is 15.9. The van der Waals surface area contributed by atoms with Crippen molar-refractivity contribution in [1.82, 2.24) is 4.90 Å². The monoisotopic (exact) mass is 400 g/mol. The van der Waals surface area contributed by atoms with Crippen molar-refractivity contribution in [3.63, 3.8) is 0 Å². The molecular formula is C21H21FN2O3S. The Bertz CT molecular complexity index is 943. The average molecular weight is 400 g/mol. The molecule has 3 rings (SSSR count). The fraction of sp³-hybridized carbons (Fsp3) is 0.238. The van der Waals surface area contributed by atoms with E-state index in [2.05, 4.69) is 4.99 Å². The largest absolute Gasteiger partial charge is 0.493 e. The molecule has 146 valence electrons. The van der Waals surface area contributed by atoms with Gasteiger partial charge in [0.2, 0.25) is 0 Å². The molecule has 7 heteroatoms. The number of likely N-dealkylation sites (N-methyl/N-ethyl adjacent to an activating group) is 1. The molecule has 0 aliphatic carbocycles. The number of halogens is 1. The Hall–Kier alpha value is -2.80. The van der Waals surface area contributed by atoms with Crippen LogP contribution in [0.25, 0.3) is 6.08 Å². The molecule has 1 saturated heterocycles. The fourth-order valence-corrected chi connectivity index (χ4v) is 3.57. The zero-order chi connectivity index (χ0) is 20.1. The molecule has 2 aromatic rings. The second-order valence-corrected chi connectivity index (χ2v) is 7.06. The van der Waals surface area contributed by atoms with E-state index in [-0.39, 0.29) is 11.6 Å². The van der Waals surface area contributed by atoms with Crippen molar-refractivity contribution in [2.75, 3.05) is 20.8 Å². The molecule has 1 fully saturated rings. The van der Waals surface area contributed by atoms with Crippen LogP contribution in [0.4, 0.5) is 10.1 Å². The number of benzene rings is 2. The van der Waals surface area contributed by atoms with E-state index < -0.39 is 5.82 Å². The van der Waals surface area contributed by atoms with Crippen LogP contribution in [-0.2, 0) is 4.79 Å². The Morgan fingerprint density at radius 2 is 2.00 bits per heavy atom. The van der Waals surface area contributed by atoms with Gasteiger partial charge in [0, 0.05) is 12.6 Å². The van der Waals surface area contributed by atoms with Gasteiger partial charge in [-0.25, -0.2) is 9.38 Å². The number of para-hydroxylation sites is 2. The van der Waals surface area contributed by atoms with E-state index >= 15 is 0 Å². The van der Waals surface area contributed by atoms with E-state index in [1.165, 1.54) is 22.7 Å². The van der Waals surface area contributed by atoms with Crippen LogP contribution in [-0.4, -0.2) is 36.7 Å². The lowest BCUT2D eigenvalue weighted by Gasteiger charge is -2.13. The predicted molar refractivity (Wildman–Crippen MR) is 111 cm³/mol. The molecule has 0 aromatic heterocycles. The summed E-state index contributed by atoms with van der Waals surface area (Å²) in [5.74, 6) is 0.558. The number of carbonyl (C=O) groups is 1. The van der Waals surface area contributed by atoms with Crippen molar-refractivity contribution in [1.29, 1.82) is 0 Å². The van der Waals surface area contributed by atoms with Crippen LogP contribution in [0.5, 0.6) is 11.5 Å². The summed E-state index contributed by atoms with van der Waals surface area (Å²) in [6.45, 7) is 2.56. The summed E-state index contributed by atoms with van der Waals surface area (Å²) < 4.78 is 25.1. The summed E-state index contributed by atoms with van der Waals surface area (Å²) in [4.78, 5) is 18.9. The molecule has 0 radical (unpaired) electrons. The number of ether oxygens (including phenoxy) is 2. The summed E-state index contributed by atoms with van der Waals surface area (Å²) in [5.41, 5.74) is 0.934. The van der Waals surface area contributed by atoms with Crippen LogP contribution in [0.2, 0.25) is 0 Å². The molecule has 28 heavy (non-hydrogen) atoms. The van der Waals surface area contributed by atoms with Gasteiger partial charge in [-0.3, -0.25) is 9.69 Å². The number of hydrogen-bond donors (Lipinski definition) is 0. The van der Waals surface area contributed by atoms with Crippen molar-refractivity contribution in [2.45, 2.75) is 13.3 Å². The summed E-state index contributed by atoms with van der Waals surface area (Å²) in [6.07, 6.45) is 2.60. The molecule has 5 nitrogen and oxygen atoms in total. The van der Waals surface area contributed by atoms with Crippen molar-refractivity contribution >= 4 is 34.6 Å². The van der Waals surface area contributed by atoms with Crippen molar-refractivity contribution in [3.05, 3.63) is 58.8 Å². The minimum atomic E-state index is -0.433. The van der Waals surface area contributed by atoms with Gasteiger partial charge in [-0.15, -0.1) is 0 Å². The number of amides is 1. The fourth-order valence-electron chi connectivity index (χ4n) is 2.60. The molecule has 1 heterocycles. The van der Waals surface area contributed by atoms with Gasteiger partial charge in [0.05, 0.1) is 18.6 Å². The van der Waals surface area contributed by atoms with Crippen molar-refractivity contribution < 1.29 is 18.7 Å². The van der Waals surface area contributed by atoms with Crippen LogP contribution in [0.1, 0.15) is 18.9 Å². The summed E-state index contributed by atoms with van der Waals surface area (Å²) in [5, 5.41) is 0.417. The number of nitrogens with zero attached hydrogens (tertiary/aromatic N) is 2. The number of methoxy groups -OCH3 is 1. The molecule has 0 N–H and O–H groups in total. The second kappa shape index (κ2) is 8.93. The Balaban J connectivity index is 1.96. The third-order valence-corrected chi connectivity index (χ3v) is 5.10. The zero-order valence-corrected chi connectivity index (χ0v) is 16.8. The van der Waals surface area contributed by atoms with E-state index in [1.807, 2.05) is 25.1 Å². The van der Waals surface area contributed by atoms with Crippen molar-refractivity contribution in [2.24, 2.45) is 4.99 Å². The predicted octanol–water partition coefficient (Wildman–Crippen LogP) is 4.86. The highest BCUT2D eigenvalue weighted by molar-refractivity contribution is 8.18. The number of aliphatic imine (C=N–C) groups is 1. The Morgan fingerprint density at radius 1 is 1.21 bits per heavy atom. The van der Waals surface area contributed by atoms with Gasteiger partial charge >= 0.3 is 0 Å². The summed E-state index contributed by atoms with van der Waals surface area (Å²) in [7, 11) is 3.20. The van der Waals surface area contributed by atoms with Gasteiger partial charge in [-0.2, -0.15) is 0 Å². The first-order valence-electron chi connectivity index (χ1n) is 8.85. The normalized spacial score (nSPS) is 16.9. The maximum Gasteiger partial charge on any atom is 0.266 e. The molecule has 0 bridgehead atoms. The Labute approximate surface area is 167 Å². The first kappa shape index (κ1) is 19.9. The highest BCUT2D eigenvalue weighted by Gasteiger charge is 2.31. The second-order valence-electron chi connectivity index (χ2n) is 6.05. The first-order valence-corrected chi connectivity index (χ1v) is 9.67. The number of hydrogen-bond acceptors (Lipinski definition) is 5. The maximum atomic E-state index is 13.9. The van der Waals surface area contributed by atoms with Gasteiger partial charge in [-0.05, 0) is 42.5 Å². The molecular weight excluding hydrogens is 379 g/mol. The standard InChI is InChI=1S/C21H21FN2O3S/c1-4-12-27-19-14(8-7-11-17(19)26-3)13-18-20(25)24(2)21(28-18)23-16-10-6-5-9-15(16)22/h5-11,13H,4,12H2,1-3H3/b18-13+,23-21?. The molecule has 0 atom stereocenters. The van der Waals surface area contributed by atoms with Crippen LogP contribution in [0.3, 0.4) is 0 Å². The summed E-state index contributed by atoms with van der Waals surface area (Å²) in [6, 6.07) is 11.7. The Kier molecular flexibility index (Phi) is 6.36. The van der Waals surface area contributed by atoms with Gasteiger partial charge in [-0.1, -0.05) is 31.2 Å². The van der Waals surface area contributed by atoms with Crippen LogP contribution >= 0.6 is 11.8 Å². The third-order valence-electron chi connectivity index (χ3n) is 4.04. The van der Waals surface area contributed by atoms with Gasteiger partial charge in [0.1, 0.15) is 11.5 Å². The third kappa shape index (κ3) is 4.20.